The van der Waals surface area contributed by atoms with E-state index in [1.165, 1.54) is 0 Å². The van der Waals surface area contributed by atoms with Crippen molar-refractivity contribution in [3.63, 3.8) is 0 Å². The van der Waals surface area contributed by atoms with Gasteiger partial charge in [0, 0.05) is 23.5 Å². The zero-order valence-electron chi connectivity index (χ0n) is 18.1. The van der Waals surface area contributed by atoms with Gasteiger partial charge in [0.1, 0.15) is 23.4 Å². The summed E-state index contributed by atoms with van der Waals surface area (Å²) in [5.74, 6) is 1.25. The van der Waals surface area contributed by atoms with Crippen molar-refractivity contribution in [3.05, 3.63) is 54.6 Å². The number of anilines is 6. The second-order valence-electron chi connectivity index (χ2n) is 7.52. The topological polar surface area (TPSA) is 204 Å². The maximum absolute atomic E-state index is 10.1. The Hall–Kier alpha value is -4.18. The summed E-state index contributed by atoms with van der Waals surface area (Å²) in [4.78, 5) is 0. The summed E-state index contributed by atoms with van der Waals surface area (Å²) >= 11 is 0. The van der Waals surface area contributed by atoms with Crippen LogP contribution in [0.15, 0.2) is 54.6 Å². The van der Waals surface area contributed by atoms with Crippen LogP contribution in [0, 0.1) is 0 Å². The molecule has 13 N–H and O–H groups in total. The standard InChI is InChI=1S/C23H30N6O4/c24-13-1-4-19(16(27)9-13)31-8-7-22(32-20-5-2-14(25)10-17(20)28)23(12-30)33-21-6-3-15(26)11-18(21)29/h1-6,9-11,22-23,30H,7-8,12,24-29H2. The summed E-state index contributed by atoms with van der Waals surface area (Å²) in [6.45, 7) is -0.141. The van der Waals surface area contributed by atoms with Crippen LogP contribution < -0.4 is 48.6 Å². The van der Waals surface area contributed by atoms with Gasteiger partial charge in [-0.1, -0.05) is 0 Å². The predicted octanol–water partition coefficient (Wildman–Crippen LogP) is 1.84. The van der Waals surface area contributed by atoms with Gasteiger partial charge in [-0.05, 0) is 54.6 Å². The second kappa shape index (κ2) is 10.4. The summed E-state index contributed by atoms with van der Waals surface area (Å²) < 4.78 is 17.9. The third-order valence-corrected chi connectivity index (χ3v) is 4.91. The maximum Gasteiger partial charge on any atom is 0.158 e. The van der Waals surface area contributed by atoms with Gasteiger partial charge in [0.05, 0.1) is 30.3 Å². The average Bonchev–Trinajstić information content (AvgIpc) is 2.76. The zero-order valence-corrected chi connectivity index (χ0v) is 18.1. The highest BCUT2D eigenvalue weighted by molar-refractivity contribution is 5.62. The monoisotopic (exact) mass is 454 g/mol. The Morgan fingerprint density at radius 3 is 1.45 bits per heavy atom. The van der Waals surface area contributed by atoms with Crippen molar-refractivity contribution in [1.29, 1.82) is 0 Å². The molecule has 10 nitrogen and oxygen atoms in total. The molecule has 0 saturated carbocycles. The number of nitrogen functional groups attached to an aromatic ring is 6. The van der Waals surface area contributed by atoms with Crippen molar-refractivity contribution in [1.82, 2.24) is 0 Å². The van der Waals surface area contributed by atoms with Gasteiger partial charge in [-0.2, -0.15) is 0 Å². The molecule has 0 aliphatic carbocycles. The number of hydrogen-bond acceptors (Lipinski definition) is 10. The smallest absolute Gasteiger partial charge is 0.158 e. The summed E-state index contributed by atoms with van der Waals surface area (Å²) in [5.41, 5.74) is 37.9. The van der Waals surface area contributed by atoms with E-state index in [-0.39, 0.29) is 13.2 Å². The molecular weight excluding hydrogens is 424 g/mol. The molecule has 0 aliphatic rings. The number of ether oxygens (including phenoxy) is 3. The average molecular weight is 455 g/mol. The molecule has 3 aromatic carbocycles. The number of rotatable bonds is 10. The fourth-order valence-corrected chi connectivity index (χ4v) is 3.21. The molecule has 2 atom stereocenters. The molecule has 176 valence electrons. The van der Waals surface area contributed by atoms with Gasteiger partial charge in [-0.25, -0.2) is 0 Å². The molecule has 0 radical (unpaired) electrons. The number of nitrogens with two attached hydrogens (primary N) is 6. The van der Waals surface area contributed by atoms with E-state index in [0.717, 1.165) is 0 Å². The van der Waals surface area contributed by atoms with E-state index < -0.39 is 12.2 Å². The lowest BCUT2D eigenvalue weighted by Gasteiger charge is -2.28. The number of aliphatic hydroxyl groups is 1. The van der Waals surface area contributed by atoms with Crippen LogP contribution in [0.2, 0.25) is 0 Å². The van der Waals surface area contributed by atoms with Gasteiger partial charge in [0.2, 0.25) is 0 Å². The molecule has 0 fully saturated rings. The number of benzene rings is 3. The molecule has 3 aromatic rings. The van der Waals surface area contributed by atoms with Gasteiger partial charge >= 0.3 is 0 Å². The first-order valence-corrected chi connectivity index (χ1v) is 10.3. The van der Waals surface area contributed by atoms with E-state index in [0.29, 0.717) is 57.8 Å². The molecule has 0 amide bonds. The van der Waals surface area contributed by atoms with Crippen LogP contribution in [0.1, 0.15) is 6.42 Å². The quantitative estimate of drug-likeness (QED) is 0.221. The van der Waals surface area contributed by atoms with E-state index in [9.17, 15) is 5.11 Å². The van der Waals surface area contributed by atoms with Crippen LogP contribution >= 0.6 is 0 Å². The Kier molecular flexibility index (Phi) is 7.42. The van der Waals surface area contributed by atoms with Crippen molar-refractivity contribution < 1.29 is 19.3 Å². The molecule has 10 heteroatoms. The largest absolute Gasteiger partial charge is 0.491 e. The number of hydrogen-bond donors (Lipinski definition) is 7. The highest BCUT2D eigenvalue weighted by Crippen LogP contribution is 2.30. The molecule has 0 bridgehead atoms. The lowest BCUT2D eigenvalue weighted by molar-refractivity contribution is 0.00685. The van der Waals surface area contributed by atoms with Crippen LogP contribution in [0.3, 0.4) is 0 Å². The van der Waals surface area contributed by atoms with E-state index in [1.807, 2.05) is 0 Å². The van der Waals surface area contributed by atoms with Crippen molar-refractivity contribution in [2.75, 3.05) is 47.6 Å². The lowest BCUT2D eigenvalue weighted by atomic mass is 10.1. The van der Waals surface area contributed by atoms with Gasteiger partial charge in [0.15, 0.2) is 6.10 Å². The Morgan fingerprint density at radius 2 is 1.03 bits per heavy atom. The molecule has 0 spiro atoms. The fourth-order valence-electron chi connectivity index (χ4n) is 3.21. The van der Waals surface area contributed by atoms with Crippen molar-refractivity contribution in [2.45, 2.75) is 18.6 Å². The first-order chi connectivity index (χ1) is 15.8. The molecule has 0 aromatic heterocycles. The Balaban J connectivity index is 1.79. The first-order valence-electron chi connectivity index (χ1n) is 10.3. The van der Waals surface area contributed by atoms with Gasteiger partial charge in [-0.3, -0.25) is 0 Å². The number of aliphatic hydroxyl groups excluding tert-OH is 1. The minimum absolute atomic E-state index is 0.213. The third kappa shape index (κ3) is 6.17. The van der Waals surface area contributed by atoms with Gasteiger partial charge in [-0.15, -0.1) is 0 Å². The molecule has 0 heterocycles. The van der Waals surface area contributed by atoms with Crippen molar-refractivity contribution >= 4 is 34.1 Å². The molecule has 33 heavy (non-hydrogen) atoms. The molecular formula is C23H30N6O4. The summed E-state index contributed by atoms with van der Waals surface area (Å²) in [6, 6.07) is 14.8. The Morgan fingerprint density at radius 1 is 0.606 bits per heavy atom. The van der Waals surface area contributed by atoms with Crippen molar-refractivity contribution in [3.8, 4) is 17.2 Å². The summed E-state index contributed by atoms with van der Waals surface area (Å²) in [7, 11) is 0. The summed E-state index contributed by atoms with van der Waals surface area (Å²) in [6.07, 6.45) is -1.12. The van der Waals surface area contributed by atoms with Crippen LogP contribution in [0.25, 0.3) is 0 Å². The van der Waals surface area contributed by atoms with Crippen molar-refractivity contribution in [2.24, 2.45) is 0 Å². The third-order valence-electron chi connectivity index (χ3n) is 4.91. The Labute approximate surface area is 192 Å². The van der Waals surface area contributed by atoms with E-state index in [2.05, 4.69) is 0 Å². The fraction of sp³-hybridized carbons (Fsp3) is 0.217. The zero-order chi connectivity index (χ0) is 24.0. The maximum atomic E-state index is 10.1. The first kappa shape index (κ1) is 23.5. The van der Waals surface area contributed by atoms with Crippen LogP contribution in [0.5, 0.6) is 17.2 Å². The molecule has 0 saturated heterocycles. The van der Waals surface area contributed by atoms with Gasteiger partial charge < -0.3 is 53.7 Å². The normalized spacial score (nSPS) is 12.6. The van der Waals surface area contributed by atoms with E-state index >= 15 is 0 Å². The SMILES string of the molecule is Nc1ccc(OCCC(Oc2ccc(N)cc2N)C(CO)Oc2ccc(N)cc2N)c(N)c1. The van der Waals surface area contributed by atoms with Gasteiger partial charge in [0.25, 0.3) is 0 Å². The lowest BCUT2D eigenvalue weighted by Crippen LogP contribution is -2.40. The van der Waals surface area contributed by atoms with Crippen LogP contribution in [-0.2, 0) is 0 Å². The Bertz CT molecular complexity index is 1090. The van der Waals surface area contributed by atoms with E-state index in [4.69, 9.17) is 48.6 Å². The summed E-state index contributed by atoms with van der Waals surface area (Å²) in [5, 5.41) is 10.1. The van der Waals surface area contributed by atoms with Crippen LogP contribution in [-0.4, -0.2) is 30.5 Å². The highest BCUT2D eigenvalue weighted by atomic mass is 16.6. The highest BCUT2D eigenvalue weighted by Gasteiger charge is 2.27. The van der Waals surface area contributed by atoms with E-state index in [1.54, 1.807) is 54.6 Å². The minimum atomic E-state index is -0.791. The van der Waals surface area contributed by atoms with Crippen LogP contribution in [0.4, 0.5) is 34.1 Å². The molecule has 2 unspecified atom stereocenters. The minimum Gasteiger partial charge on any atom is -0.491 e. The molecule has 3 rings (SSSR count). The predicted molar refractivity (Wildman–Crippen MR) is 132 cm³/mol. The molecule has 0 aliphatic heterocycles. The second-order valence-corrected chi connectivity index (χ2v) is 7.52.